The third kappa shape index (κ3) is 3.62. The molecule has 0 spiro atoms. The molecule has 1 aromatic heterocycles. The fourth-order valence-corrected chi connectivity index (χ4v) is 3.76. The van der Waals surface area contributed by atoms with Crippen LogP contribution in [0, 0.1) is 3.57 Å². The summed E-state index contributed by atoms with van der Waals surface area (Å²) in [5, 5.41) is 24.3. The number of nitrogens with two attached hydrogens (primary N) is 1. The van der Waals surface area contributed by atoms with Gasteiger partial charge in [-0.1, -0.05) is 6.92 Å². The largest absolute Gasteiger partial charge is 0.508 e. The van der Waals surface area contributed by atoms with Crippen LogP contribution in [0.15, 0.2) is 36.5 Å². The van der Waals surface area contributed by atoms with Gasteiger partial charge in [0.25, 0.3) is 0 Å². The molecule has 0 saturated carbocycles. The number of aliphatic hydroxyl groups excluding tert-OH is 1. The molecule has 1 heterocycles. The van der Waals surface area contributed by atoms with E-state index >= 15 is 0 Å². The highest BCUT2D eigenvalue weighted by Crippen LogP contribution is 2.36. The van der Waals surface area contributed by atoms with Gasteiger partial charge < -0.3 is 21.3 Å². The van der Waals surface area contributed by atoms with Crippen LogP contribution in [0.1, 0.15) is 23.6 Å². The average Bonchev–Trinajstić information content (AvgIpc) is 2.63. The summed E-state index contributed by atoms with van der Waals surface area (Å²) in [6.07, 6.45) is 2.89. The minimum Gasteiger partial charge on any atom is -0.508 e. The minimum atomic E-state index is -0.00110. The summed E-state index contributed by atoms with van der Waals surface area (Å²) in [6, 6.07) is 9.78. The van der Waals surface area contributed by atoms with Crippen LogP contribution in [-0.2, 0) is 19.4 Å². The number of aromatic nitrogens is 1. The van der Waals surface area contributed by atoms with Gasteiger partial charge in [0.05, 0.1) is 5.52 Å². The Kier molecular flexibility index (Phi) is 5.95. The van der Waals surface area contributed by atoms with Crippen LogP contribution in [0.2, 0.25) is 0 Å². The second-order valence-electron chi connectivity index (χ2n) is 6.06. The smallest absolute Gasteiger partial charge is 0.119 e. The molecule has 0 atom stereocenters. The molecule has 3 rings (SSSR count). The zero-order valence-corrected chi connectivity index (χ0v) is 16.7. The maximum absolute atomic E-state index is 10.3. The Labute approximate surface area is 166 Å². The van der Waals surface area contributed by atoms with Gasteiger partial charge in [-0.05, 0) is 76.9 Å². The van der Waals surface area contributed by atoms with E-state index in [2.05, 4.69) is 32.9 Å². The number of fused-ring (bicyclic) bond motifs is 1. The standard InChI is InChI=1S/C20H22IN3O2/c1-2-14-16(11-22)20(12(6-8-25)9-19(14)26)24-17-5-7-23-18-10-13(21)3-4-15(17)18/h3-5,7,9-10,25-26H,2,6,8,11,22H2,1H3,(H,23,24). The lowest BCUT2D eigenvalue weighted by atomic mass is 9.95. The van der Waals surface area contributed by atoms with Crippen molar-refractivity contribution in [2.75, 3.05) is 11.9 Å². The maximum atomic E-state index is 10.3. The molecule has 136 valence electrons. The van der Waals surface area contributed by atoms with E-state index in [1.54, 1.807) is 12.3 Å². The molecule has 0 amide bonds. The number of pyridine rings is 1. The first-order valence-electron chi connectivity index (χ1n) is 8.57. The second kappa shape index (κ2) is 8.20. The highest BCUT2D eigenvalue weighted by atomic mass is 127. The van der Waals surface area contributed by atoms with Gasteiger partial charge in [-0.15, -0.1) is 0 Å². The van der Waals surface area contributed by atoms with Crippen molar-refractivity contribution in [2.24, 2.45) is 5.73 Å². The number of aliphatic hydroxyl groups is 1. The summed E-state index contributed by atoms with van der Waals surface area (Å²) in [4.78, 5) is 4.44. The van der Waals surface area contributed by atoms with Crippen molar-refractivity contribution in [3.05, 3.63) is 56.8 Å². The third-order valence-electron chi connectivity index (χ3n) is 4.51. The van der Waals surface area contributed by atoms with Crippen LogP contribution in [0.25, 0.3) is 10.9 Å². The predicted octanol–water partition coefficient (Wildman–Crippen LogP) is 3.84. The number of nitrogens with zero attached hydrogens (tertiary/aromatic N) is 1. The number of hydrogen-bond acceptors (Lipinski definition) is 5. The molecular formula is C20H22IN3O2. The van der Waals surface area contributed by atoms with Crippen molar-refractivity contribution in [1.29, 1.82) is 0 Å². The third-order valence-corrected chi connectivity index (χ3v) is 5.18. The molecule has 5 N–H and O–H groups in total. The fraction of sp³-hybridized carbons (Fsp3) is 0.250. The molecule has 0 radical (unpaired) electrons. The highest BCUT2D eigenvalue weighted by Gasteiger charge is 2.17. The monoisotopic (exact) mass is 463 g/mol. The Hall–Kier alpha value is -1.90. The molecule has 0 aliphatic rings. The van der Waals surface area contributed by atoms with E-state index < -0.39 is 0 Å². The summed E-state index contributed by atoms with van der Waals surface area (Å²) >= 11 is 2.27. The lowest BCUT2D eigenvalue weighted by Crippen LogP contribution is -2.10. The highest BCUT2D eigenvalue weighted by molar-refractivity contribution is 14.1. The van der Waals surface area contributed by atoms with E-state index in [0.717, 1.165) is 42.5 Å². The molecular weight excluding hydrogens is 441 g/mol. The lowest BCUT2D eigenvalue weighted by Gasteiger charge is -2.21. The Morgan fingerprint density at radius 1 is 1.19 bits per heavy atom. The fourth-order valence-electron chi connectivity index (χ4n) is 3.28. The molecule has 0 fully saturated rings. The van der Waals surface area contributed by atoms with E-state index in [1.807, 2.05) is 31.2 Å². The first-order valence-corrected chi connectivity index (χ1v) is 9.65. The Bertz CT molecular complexity index is 944. The van der Waals surface area contributed by atoms with Crippen LogP contribution >= 0.6 is 22.6 Å². The average molecular weight is 463 g/mol. The Morgan fingerprint density at radius 3 is 2.69 bits per heavy atom. The Morgan fingerprint density at radius 2 is 2.00 bits per heavy atom. The van der Waals surface area contributed by atoms with Crippen molar-refractivity contribution in [1.82, 2.24) is 4.98 Å². The van der Waals surface area contributed by atoms with E-state index in [-0.39, 0.29) is 12.4 Å². The Balaban J connectivity index is 2.18. The van der Waals surface area contributed by atoms with Gasteiger partial charge in [-0.2, -0.15) is 0 Å². The van der Waals surface area contributed by atoms with Crippen LogP contribution in [-0.4, -0.2) is 21.8 Å². The van der Waals surface area contributed by atoms with Crippen LogP contribution < -0.4 is 11.1 Å². The number of phenolic OH excluding ortho intramolecular Hbond substituents is 1. The van der Waals surface area contributed by atoms with Crippen molar-refractivity contribution in [3.63, 3.8) is 0 Å². The van der Waals surface area contributed by atoms with Gasteiger partial charge in [0, 0.05) is 45.2 Å². The van der Waals surface area contributed by atoms with Gasteiger partial charge in [0.1, 0.15) is 5.75 Å². The van der Waals surface area contributed by atoms with Crippen molar-refractivity contribution < 1.29 is 10.2 Å². The zero-order valence-electron chi connectivity index (χ0n) is 14.6. The van der Waals surface area contributed by atoms with E-state index in [0.29, 0.717) is 19.4 Å². The molecule has 0 bridgehead atoms. The van der Waals surface area contributed by atoms with Gasteiger partial charge in [-0.3, -0.25) is 4.98 Å². The molecule has 26 heavy (non-hydrogen) atoms. The normalized spacial score (nSPS) is 11.1. The number of aromatic hydroxyl groups is 1. The number of anilines is 2. The number of rotatable bonds is 6. The molecule has 0 aliphatic carbocycles. The summed E-state index contributed by atoms with van der Waals surface area (Å²) < 4.78 is 1.13. The van der Waals surface area contributed by atoms with Gasteiger partial charge >= 0.3 is 0 Å². The quantitative estimate of drug-likeness (QED) is 0.330. The number of halogens is 1. The minimum absolute atomic E-state index is 0.00110. The van der Waals surface area contributed by atoms with Crippen LogP contribution in [0.5, 0.6) is 5.75 Å². The van der Waals surface area contributed by atoms with Crippen LogP contribution in [0.4, 0.5) is 11.4 Å². The molecule has 0 aliphatic heterocycles. The summed E-state index contributed by atoms with van der Waals surface area (Å²) in [6.45, 7) is 2.30. The topological polar surface area (TPSA) is 91.4 Å². The zero-order chi connectivity index (χ0) is 18.7. The van der Waals surface area contributed by atoms with Crippen molar-refractivity contribution in [3.8, 4) is 5.75 Å². The number of benzene rings is 2. The summed E-state index contributed by atoms with van der Waals surface area (Å²) in [5.74, 6) is 0.232. The number of phenols is 1. The van der Waals surface area contributed by atoms with Crippen molar-refractivity contribution >= 4 is 44.9 Å². The molecule has 0 unspecified atom stereocenters. The van der Waals surface area contributed by atoms with E-state index in [4.69, 9.17) is 5.73 Å². The summed E-state index contributed by atoms with van der Waals surface area (Å²) in [5.41, 5.74) is 11.3. The summed E-state index contributed by atoms with van der Waals surface area (Å²) in [7, 11) is 0. The molecule has 0 saturated heterocycles. The predicted molar refractivity (Wildman–Crippen MR) is 114 cm³/mol. The van der Waals surface area contributed by atoms with Crippen molar-refractivity contribution in [2.45, 2.75) is 26.3 Å². The molecule has 2 aromatic carbocycles. The van der Waals surface area contributed by atoms with E-state index in [9.17, 15) is 10.2 Å². The molecule has 6 heteroatoms. The number of hydrogen-bond donors (Lipinski definition) is 4. The maximum Gasteiger partial charge on any atom is 0.119 e. The number of nitrogens with one attached hydrogen (secondary N) is 1. The molecule has 5 nitrogen and oxygen atoms in total. The first kappa shape index (κ1) is 18.9. The van der Waals surface area contributed by atoms with Crippen LogP contribution in [0.3, 0.4) is 0 Å². The first-order chi connectivity index (χ1) is 12.6. The van der Waals surface area contributed by atoms with Gasteiger partial charge in [-0.25, -0.2) is 0 Å². The van der Waals surface area contributed by atoms with E-state index in [1.165, 1.54) is 0 Å². The van der Waals surface area contributed by atoms with Gasteiger partial charge in [0.2, 0.25) is 0 Å². The van der Waals surface area contributed by atoms with Gasteiger partial charge in [0.15, 0.2) is 0 Å². The SMILES string of the molecule is CCc1c(O)cc(CCO)c(Nc2ccnc3cc(I)ccc23)c1CN. The second-order valence-corrected chi connectivity index (χ2v) is 7.31. The lowest BCUT2D eigenvalue weighted by molar-refractivity contribution is 0.299. The molecule has 3 aromatic rings.